The number of benzene rings is 2. The van der Waals surface area contributed by atoms with Crippen LogP contribution in [0.5, 0.6) is 5.75 Å². The molecule has 4 aromatic rings. The number of rotatable bonds is 6. The van der Waals surface area contributed by atoms with Crippen molar-refractivity contribution in [2.75, 3.05) is 12.8 Å². The van der Waals surface area contributed by atoms with Crippen molar-refractivity contribution in [2.24, 2.45) is 20.5 Å². The van der Waals surface area contributed by atoms with Crippen molar-refractivity contribution < 1.29 is 9.66 Å². The van der Waals surface area contributed by atoms with Crippen molar-refractivity contribution in [2.45, 2.75) is 13.8 Å². The van der Waals surface area contributed by atoms with Crippen molar-refractivity contribution >= 4 is 39.9 Å². The van der Waals surface area contributed by atoms with Crippen LogP contribution in [0.3, 0.4) is 0 Å². The number of fused-ring (bicyclic) bond motifs is 1. The number of hydrogen-bond donors (Lipinski definition) is 1. The molecule has 0 radical (unpaired) electrons. The van der Waals surface area contributed by atoms with Crippen LogP contribution >= 0.6 is 0 Å². The first kappa shape index (κ1) is 21.5. The highest BCUT2D eigenvalue weighted by Gasteiger charge is 2.17. The molecule has 33 heavy (non-hydrogen) atoms. The lowest BCUT2D eigenvalue weighted by Crippen LogP contribution is -1.99. The van der Waals surface area contributed by atoms with Crippen LogP contribution in [0.15, 0.2) is 69.0 Å². The summed E-state index contributed by atoms with van der Waals surface area (Å²) >= 11 is 0. The van der Waals surface area contributed by atoms with Crippen molar-refractivity contribution in [3.05, 3.63) is 70.0 Å². The van der Waals surface area contributed by atoms with E-state index in [0.717, 1.165) is 0 Å². The molecule has 2 aromatic heterocycles. The van der Waals surface area contributed by atoms with Gasteiger partial charge in [-0.1, -0.05) is 0 Å². The van der Waals surface area contributed by atoms with Gasteiger partial charge in [-0.15, -0.1) is 15.3 Å². The van der Waals surface area contributed by atoms with Crippen molar-refractivity contribution in [3.8, 4) is 5.75 Å². The summed E-state index contributed by atoms with van der Waals surface area (Å²) in [6.45, 7) is 3.59. The summed E-state index contributed by atoms with van der Waals surface area (Å²) in [5.74, 6) is 0.888. The second kappa shape index (κ2) is 8.78. The third kappa shape index (κ3) is 4.35. The number of nitrogens with zero attached hydrogens (tertiary/aromatic N) is 8. The van der Waals surface area contributed by atoms with E-state index in [9.17, 15) is 10.1 Å². The van der Waals surface area contributed by atoms with Crippen LogP contribution < -0.4 is 10.5 Å². The first-order valence-electron chi connectivity index (χ1n) is 9.74. The average molecular weight is 445 g/mol. The number of hydrogen-bond acceptors (Lipinski definition) is 10. The van der Waals surface area contributed by atoms with E-state index >= 15 is 0 Å². The summed E-state index contributed by atoms with van der Waals surface area (Å²) in [4.78, 5) is 14.9. The smallest absolute Gasteiger partial charge is 0.269 e. The average Bonchev–Trinajstić information content (AvgIpc) is 3.13. The molecule has 0 unspecified atom stereocenters. The van der Waals surface area contributed by atoms with Crippen LogP contribution in [0.25, 0.3) is 5.65 Å². The standard InChI is InChI=1S/C21H19N9O3/c1-12-18(26-24-14-4-8-16(9-5-14)30(31)32)13(2)29-21(23-12)19(20(22)28-29)27-25-15-6-10-17(33-3)11-7-15/h4-11H,1-3H3,(H2,22,28). The molecule has 0 fully saturated rings. The lowest BCUT2D eigenvalue weighted by molar-refractivity contribution is -0.384. The van der Waals surface area contributed by atoms with E-state index in [1.165, 1.54) is 28.8 Å². The first-order valence-corrected chi connectivity index (χ1v) is 9.74. The molecule has 2 aromatic carbocycles. The second-order valence-corrected chi connectivity index (χ2v) is 6.97. The van der Waals surface area contributed by atoms with E-state index in [1.807, 2.05) is 6.92 Å². The Kier molecular flexibility index (Phi) is 5.72. The Labute approximate surface area is 187 Å². The van der Waals surface area contributed by atoms with Gasteiger partial charge in [0.15, 0.2) is 17.2 Å². The summed E-state index contributed by atoms with van der Waals surface area (Å²) in [7, 11) is 1.59. The Morgan fingerprint density at radius 2 is 1.52 bits per heavy atom. The molecular weight excluding hydrogens is 426 g/mol. The fourth-order valence-electron chi connectivity index (χ4n) is 3.07. The zero-order chi connectivity index (χ0) is 23.5. The maximum Gasteiger partial charge on any atom is 0.269 e. The van der Waals surface area contributed by atoms with Crippen LogP contribution in [0.4, 0.5) is 34.3 Å². The lowest BCUT2D eigenvalue weighted by atomic mass is 10.3. The number of aromatic nitrogens is 3. The van der Waals surface area contributed by atoms with Gasteiger partial charge in [0.05, 0.1) is 34.8 Å². The quantitative estimate of drug-likeness (QED) is 0.228. The number of nitrogens with two attached hydrogens (primary N) is 1. The van der Waals surface area contributed by atoms with Gasteiger partial charge in [0.2, 0.25) is 0 Å². The highest BCUT2D eigenvalue weighted by atomic mass is 16.6. The predicted molar refractivity (Wildman–Crippen MR) is 121 cm³/mol. The summed E-state index contributed by atoms with van der Waals surface area (Å²) in [5.41, 5.74) is 9.68. The minimum Gasteiger partial charge on any atom is -0.497 e. The number of non-ortho nitro benzene ring substituents is 1. The van der Waals surface area contributed by atoms with Crippen LogP contribution in [0.1, 0.15) is 11.4 Å². The van der Waals surface area contributed by atoms with Gasteiger partial charge in [-0.3, -0.25) is 10.1 Å². The summed E-state index contributed by atoms with van der Waals surface area (Å²) in [5, 5.41) is 32.0. The van der Waals surface area contributed by atoms with E-state index in [2.05, 4.69) is 30.5 Å². The van der Waals surface area contributed by atoms with Gasteiger partial charge in [0.25, 0.3) is 5.69 Å². The Morgan fingerprint density at radius 1 is 0.939 bits per heavy atom. The normalized spacial score (nSPS) is 11.6. The third-order valence-corrected chi connectivity index (χ3v) is 4.80. The van der Waals surface area contributed by atoms with Gasteiger partial charge in [-0.2, -0.15) is 10.2 Å². The highest BCUT2D eigenvalue weighted by molar-refractivity contribution is 5.77. The third-order valence-electron chi connectivity index (χ3n) is 4.80. The summed E-state index contributed by atoms with van der Waals surface area (Å²) in [6.07, 6.45) is 0. The Hall–Kier alpha value is -4.74. The second-order valence-electron chi connectivity index (χ2n) is 6.97. The first-order chi connectivity index (χ1) is 15.9. The van der Waals surface area contributed by atoms with E-state index in [4.69, 9.17) is 10.5 Å². The Balaban J connectivity index is 1.67. The monoisotopic (exact) mass is 445 g/mol. The van der Waals surface area contributed by atoms with E-state index in [0.29, 0.717) is 45.5 Å². The molecule has 0 atom stereocenters. The molecule has 0 bridgehead atoms. The Bertz CT molecular complexity index is 1390. The largest absolute Gasteiger partial charge is 0.497 e. The molecule has 2 N–H and O–H groups in total. The minimum absolute atomic E-state index is 0.0206. The molecule has 0 aliphatic rings. The topological polar surface area (TPSA) is 158 Å². The number of nitrogen functional groups attached to an aromatic ring is 1. The van der Waals surface area contributed by atoms with Crippen molar-refractivity contribution in [1.82, 2.24) is 14.6 Å². The van der Waals surface area contributed by atoms with Gasteiger partial charge < -0.3 is 10.5 Å². The number of nitro benzene ring substituents is 1. The number of nitro groups is 1. The van der Waals surface area contributed by atoms with Gasteiger partial charge in [-0.05, 0) is 50.2 Å². The van der Waals surface area contributed by atoms with Crippen LogP contribution in [0, 0.1) is 24.0 Å². The molecule has 0 aliphatic heterocycles. The SMILES string of the molecule is COc1ccc(N=Nc2c(N)nn3c(C)c(N=Nc4ccc([N+](=O)[O-])cc4)c(C)nc23)cc1. The lowest BCUT2D eigenvalue weighted by Gasteiger charge is -2.05. The highest BCUT2D eigenvalue weighted by Crippen LogP contribution is 2.33. The maximum atomic E-state index is 10.8. The van der Waals surface area contributed by atoms with Gasteiger partial charge >= 0.3 is 0 Å². The molecule has 0 saturated carbocycles. The molecule has 0 spiro atoms. The maximum absolute atomic E-state index is 10.8. The molecule has 0 aliphatic carbocycles. The van der Waals surface area contributed by atoms with Crippen LogP contribution in [-0.4, -0.2) is 26.6 Å². The van der Waals surface area contributed by atoms with E-state index < -0.39 is 4.92 Å². The molecule has 2 heterocycles. The summed E-state index contributed by atoms with van der Waals surface area (Å²) < 4.78 is 6.67. The van der Waals surface area contributed by atoms with E-state index in [1.54, 1.807) is 38.3 Å². The molecular formula is C21H19N9O3. The van der Waals surface area contributed by atoms with E-state index in [-0.39, 0.29) is 11.5 Å². The zero-order valence-corrected chi connectivity index (χ0v) is 18.0. The summed E-state index contributed by atoms with van der Waals surface area (Å²) in [6, 6.07) is 12.9. The number of aryl methyl sites for hydroxylation is 2. The molecule has 0 amide bonds. The zero-order valence-electron chi connectivity index (χ0n) is 18.0. The molecule has 4 rings (SSSR count). The fourth-order valence-corrected chi connectivity index (χ4v) is 3.07. The number of methoxy groups -OCH3 is 1. The molecule has 12 nitrogen and oxygen atoms in total. The fraction of sp³-hybridized carbons (Fsp3) is 0.143. The number of anilines is 1. The van der Waals surface area contributed by atoms with Crippen molar-refractivity contribution in [1.29, 1.82) is 0 Å². The van der Waals surface area contributed by atoms with Crippen LogP contribution in [0.2, 0.25) is 0 Å². The Morgan fingerprint density at radius 3 is 2.09 bits per heavy atom. The molecule has 0 saturated heterocycles. The van der Waals surface area contributed by atoms with Gasteiger partial charge in [0.1, 0.15) is 11.4 Å². The number of azo groups is 2. The van der Waals surface area contributed by atoms with Crippen LogP contribution in [-0.2, 0) is 0 Å². The molecule has 166 valence electrons. The minimum atomic E-state index is -0.473. The molecule has 12 heteroatoms. The van der Waals surface area contributed by atoms with Gasteiger partial charge in [0, 0.05) is 12.1 Å². The van der Waals surface area contributed by atoms with Gasteiger partial charge in [-0.25, -0.2) is 9.50 Å². The van der Waals surface area contributed by atoms with Crippen molar-refractivity contribution in [3.63, 3.8) is 0 Å². The number of ether oxygens (including phenoxy) is 1. The predicted octanol–water partition coefficient (Wildman–Crippen LogP) is 5.68.